The molecule has 0 fully saturated rings. The summed E-state index contributed by atoms with van der Waals surface area (Å²) >= 11 is 0. The predicted molar refractivity (Wildman–Crippen MR) is 65.0 cm³/mol. The van der Waals surface area contributed by atoms with E-state index in [0.29, 0.717) is 49.7 Å². The summed E-state index contributed by atoms with van der Waals surface area (Å²) in [6.45, 7) is 1.38. The highest BCUT2D eigenvalue weighted by Crippen LogP contribution is 2.31. The van der Waals surface area contributed by atoms with Gasteiger partial charge in [-0.25, -0.2) is 0 Å². The third-order valence-electron chi connectivity index (χ3n) is 2.59. The Bertz CT molecular complexity index is 495. The third kappa shape index (κ3) is 2.93. The Morgan fingerprint density at radius 2 is 2.11 bits per heavy atom. The maximum atomic E-state index is 11.9. The summed E-state index contributed by atoms with van der Waals surface area (Å²) in [5.41, 5.74) is 8.72. The van der Waals surface area contributed by atoms with E-state index in [1.54, 1.807) is 18.2 Å². The van der Waals surface area contributed by atoms with Gasteiger partial charge in [0.15, 0.2) is 17.3 Å². The third-order valence-corrected chi connectivity index (χ3v) is 2.59. The minimum absolute atomic E-state index is 0.0140. The van der Waals surface area contributed by atoms with Crippen molar-refractivity contribution >= 4 is 5.78 Å². The standard InChI is InChI=1S/C12H13N3O3/c13-15-14-5-1-2-10(16)9-3-4-11-12(8-9)18-7-6-17-11/h3-4,8H,1-2,5-7H2. The molecule has 94 valence electrons. The monoisotopic (exact) mass is 247 g/mol. The van der Waals surface area contributed by atoms with E-state index in [1.807, 2.05) is 0 Å². The van der Waals surface area contributed by atoms with Gasteiger partial charge in [-0.05, 0) is 30.2 Å². The molecule has 0 saturated heterocycles. The fourth-order valence-corrected chi connectivity index (χ4v) is 1.72. The van der Waals surface area contributed by atoms with Crippen LogP contribution < -0.4 is 9.47 Å². The van der Waals surface area contributed by atoms with Crippen molar-refractivity contribution in [2.24, 2.45) is 5.11 Å². The summed E-state index contributed by atoms with van der Waals surface area (Å²) in [6.07, 6.45) is 0.913. The van der Waals surface area contributed by atoms with Crippen LogP contribution in [0.25, 0.3) is 10.4 Å². The lowest BCUT2D eigenvalue weighted by Crippen LogP contribution is -2.15. The Kier molecular flexibility index (Phi) is 4.04. The van der Waals surface area contributed by atoms with Crippen molar-refractivity contribution in [3.05, 3.63) is 34.2 Å². The lowest BCUT2D eigenvalue weighted by atomic mass is 10.1. The zero-order valence-electron chi connectivity index (χ0n) is 9.83. The molecule has 0 saturated carbocycles. The second-order valence-electron chi connectivity index (χ2n) is 3.84. The van der Waals surface area contributed by atoms with E-state index in [1.165, 1.54) is 0 Å². The SMILES string of the molecule is [N-]=[N+]=NCCCC(=O)c1ccc2c(c1)OCCO2. The number of azide groups is 1. The van der Waals surface area contributed by atoms with Crippen LogP contribution >= 0.6 is 0 Å². The summed E-state index contributed by atoms with van der Waals surface area (Å²) in [5.74, 6) is 1.30. The Morgan fingerprint density at radius 1 is 1.33 bits per heavy atom. The maximum absolute atomic E-state index is 11.9. The van der Waals surface area contributed by atoms with Gasteiger partial charge in [-0.2, -0.15) is 0 Å². The van der Waals surface area contributed by atoms with Gasteiger partial charge in [-0.3, -0.25) is 4.79 Å². The summed E-state index contributed by atoms with van der Waals surface area (Å²) in [6, 6.07) is 5.17. The zero-order valence-corrected chi connectivity index (χ0v) is 9.83. The molecule has 18 heavy (non-hydrogen) atoms. The number of nitrogens with zero attached hydrogens (tertiary/aromatic N) is 3. The number of Topliss-reactive ketones (excluding diaryl/α,β-unsaturated/α-hetero) is 1. The number of hydrogen-bond acceptors (Lipinski definition) is 4. The van der Waals surface area contributed by atoms with Gasteiger partial charge in [0.05, 0.1) is 0 Å². The number of rotatable bonds is 5. The Labute approximate surface area is 104 Å². The van der Waals surface area contributed by atoms with E-state index in [9.17, 15) is 4.79 Å². The average molecular weight is 247 g/mol. The molecule has 1 aromatic carbocycles. The molecular weight excluding hydrogens is 234 g/mol. The molecule has 0 aromatic heterocycles. The molecule has 2 rings (SSSR count). The second-order valence-corrected chi connectivity index (χ2v) is 3.84. The van der Waals surface area contributed by atoms with E-state index in [4.69, 9.17) is 15.0 Å². The average Bonchev–Trinajstić information content (AvgIpc) is 2.43. The van der Waals surface area contributed by atoms with Crippen LogP contribution in [0.1, 0.15) is 23.2 Å². The first-order valence-corrected chi connectivity index (χ1v) is 5.75. The number of hydrogen-bond donors (Lipinski definition) is 0. The van der Waals surface area contributed by atoms with E-state index < -0.39 is 0 Å². The van der Waals surface area contributed by atoms with Crippen LogP contribution in [-0.2, 0) is 0 Å². The minimum atomic E-state index is 0.0140. The quantitative estimate of drug-likeness (QED) is 0.263. The molecule has 0 aliphatic carbocycles. The van der Waals surface area contributed by atoms with E-state index in [0.717, 1.165) is 0 Å². The van der Waals surface area contributed by atoms with Gasteiger partial charge in [0.2, 0.25) is 0 Å². The molecular formula is C12H13N3O3. The van der Waals surface area contributed by atoms with Crippen LogP contribution in [0.2, 0.25) is 0 Å². The fourth-order valence-electron chi connectivity index (χ4n) is 1.72. The van der Waals surface area contributed by atoms with Gasteiger partial charge < -0.3 is 9.47 Å². The van der Waals surface area contributed by atoms with Crippen LogP contribution in [0.15, 0.2) is 23.3 Å². The minimum Gasteiger partial charge on any atom is -0.486 e. The number of carbonyl (C=O) groups is 1. The van der Waals surface area contributed by atoms with Crippen LogP contribution in [0, 0.1) is 0 Å². The van der Waals surface area contributed by atoms with Crippen molar-refractivity contribution in [2.75, 3.05) is 19.8 Å². The van der Waals surface area contributed by atoms with E-state index in [2.05, 4.69) is 10.0 Å². The molecule has 0 N–H and O–H groups in total. The van der Waals surface area contributed by atoms with Crippen molar-refractivity contribution < 1.29 is 14.3 Å². The van der Waals surface area contributed by atoms with Gasteiger partial charge >= 0.3 is 0 Å². The van der Waals surface area contributed by atoms with Crippen molar-refractivity contribution in [1.82, 2.24) is 0 Å². The maximum Gasteiger partial charge on any atom is 0.163 e. The first kappa shape index (κ1) is 12.3. The first-order valence-electron chi connectivity index (χ1n) is 5.75. The highest BCUT2D eigenvalue weighted by Gasteiger charge is 2.14. The van der Waals surface area contributed by atoms with Gasteiger partial charge in [0.25, 0.3) is 0 Å². The van der Waals surface area contributed by atoms with Crippen molar-refractivity contribution in [1.29, 1.82) is 0 Å². The molecule has 6 heteroatoms. The molecule has 0 atom stereocenters. The predicted octanol–water partition coefficient (Wildman–Crippen LogP) is 2.73. The molecule has 0 amide bonds. The summed E-state index contributed by atoms with van der Waals surface area (Å²) in [5, 5.41) is 3.39. The number of ketones is 1. The molecule has 0 bridgehead atoms. The number of benzene rings is 1. The second kappa shape index (κ2) is 5.93. The molecule has 0 radical (unpaired) electrons. The van der Waals surface area contributed by atoms with Gasteiger partial charge in [0, 0.05) is 23.4 Å². The summed E-state index contributed by atoms with van der Waals surface area (Å²) in [7, 11) is 0. The topological polar surface area (TPSA) is 84.3 Å². The lowest BCUT2D eigenvalue weighted by Gasteiger charge is -2.18. The summed E-state index contributed by atoms with van der Waals surface area (Å²) < 4.78 is 10.8. The van der Waals surface area contributed by atoms with Crippen LogP contribution in [0.3, 0.4) is 0 Å². The summed E-state index contributed by atoms with van der Waals surface area (Å²) in [4.78, 5) is 14.5. The van der Waals surface area contributed by atoms with Crippen LogP contribution in [0.4, 0.5) is 0 Å². The highest BCUT2D eigenvalue weighted by molar-refractivity contribution is 5.96. The van der Waals surface area contributed by atoms with Gasteiger partial charge in [-0.1, -0.05) is 5.11 Å². The zero-order chi connectivity index (χ0) is 12.8. The highest BCUT2D eigenvalue weighted by atomic mass is 16.6. The normalized spacial score (nSPS) is 12.7. The van der Waals surface area contributed by atoms with Crippen LogP contribution in [0.5, 0.6) is 11.5 Å². The molecule has 1 heterocycles. The number of ether oxygens (including phenoxy) is 2. The Morgan fingerprint density at radius 3 is 2.89 bits per heavy atom. The van der Waals surface area contributed by atoms with E-state index >= 15 is 0 Å². The van der Waals surface area contributed by atoms with Crippen molar-refractivity contribution in [3.63, 3.8) is 0 Å². The smallest absolute Gasteiger partial charge is 0.163 e. The molecule has 6 nitrogen and oxygen atoms in total. The molecule has 0 spiro atoms. The first-order chi connectivity index (χ1) is 8.81. The molecule has 1 aliphatic rings. The molecule has 0 unspecified atom stereocenters. The molecule has 1 aromatic rings. The number of fused-ring (bicyclic) bond motifs is 1. The van der Waals surface area contributed by atoms with Crippen molar-refractivity contribution in [3.8, 4) is 11.5 Å². The Balaban J connectivity index is 1.99. The lowest BCUT2D eigenvalue weighted by molar-refractivity contribution is 0.0979. The Hall–Kier alpha value is -2.20. The van der Waals surface area contributed by atoms with Gasteiger partial charge in [-0.15, -0.1) is 0 Å². The van der Waals surface area contributed by atoms with E-state index in [-0.39, 0.29) is 5.78 Å². The van der Waals surface area contributed by atoms with Gasteiger partial charge in [0.1, 0.15) is 13.2 Å². The number of carbonyl (C=O) groups excluding carboxylic acids is 1. The van der Waals surface area contributed by atoms with Crippen LogP contribution in [-0.4, -0.2) is 25.5 Å². The fraction of sp³-hybridized carbons (Fsp3) is 0.417. The largest absolute Gasteiger partial charge is 0.486 e. The molecule has 1 aliphatic heterocycles. The van der Waals surface area contributed by atoms with Crippen molar-refractivity contribution in [2.45, 2.75) is 12.8 Å².